The lowest BCUT2D eigenvalue weighted by Crippen LogP contribution is -2.05. The van der Waals surface area contributed by atoms with Gasteiger partial charge in [0.1, 0.15) is 10.0 Å². The average molecular weight is 638 g/mol. The number of rotatable bonds is 9. The number of benzene rings is 2. The molecule has 0 aliphatic rings. The molecule has 2 aromatic carbocycles. The number of anilines is 2. The van der Waals surface area contributed by atoms with E-state index in [-0.39, 0.29) is 0 Å². The molecule has 0 fully saturated rings. The van der Waals surface area contributed by atoms with Crippen molar-refractivity contribution in [2.45, 2.75) is 60.0 Å². The van der Waals surface area contributed by atoms with Crippen molar-refractivity contribution in [3.8, 4) is 0 Å². The van der Waals surface area contributed by atoms with E-state index in [1.807, 2.05) is 0 Å². The topological polar surface area (TPSA) is 75.6 Å². The van der Waals surface area contributed by atoms with Gasteiger partial charge in [0.2, 0.25) is 0 Å². The first-order valence-electron chi connectivity index (χ1n) is 11.6. The maximum atomic E-state index is 4.10. The molecule has 2 N–H and O–H groups in total. The van der Waals surface area contributed by atoms with Gasteiger partial charge >= 0.3 is 0 Å². The lowest BCUT2D eigenvalue weighted by Gasteiger charge is -2.14. The highest BCUT2D eigenvalue weighted by Crippen LogP contribution is 2.25. The minimum Gasteiger partial charge on any atom is -0.378 e. The molecule has 0 aliphatic carbocycles. The summed E-state index contributed by atoms with van der Waals surface area (Å²) in [6.45, 7) is 10.1. The molecular formula is C25H30Br2N6S2. The Labute approximate surface area is 232 Å². The second-order valence-corrected chi connectivity index (χ2v) is 12.4. The van der Waals surface area contributed by atoms with E-state index in [0.29, 0.717) is 0 Å². The fourth-order valence-electron chi connectivity index (χ4n) is 3.68. The number of nitrogens with one attached hydrogen (secondary N) is 2. The van der Waals surface area contributed by atoms with Crippen LogP contribution in [-0.2, 0) is 32.4 Å². The first-order chi connectivity index (χ1) is 16.9. The molecule has 4 rings (SSSR count). The minimum atomic E-state index is 0.723. The Morgan fingerprint density at radius 1 is 0.657 bits per heavy atom. The largest absolute Gasteiger partial charge is 0.378 e. The van der Waals surface area contributed by atoms with Crippen molar-refractivity contribution in [2.24, 2.45) is 0 Å². The maximum Gasteiger partial charge on any atom is 0.183 e. The lowest BCUT2D eigenvalue weighted by molar-refractivity contribution is 0.970. The van der Waals surface area contributed by atoms with Crippen LogP contribution in [-0.4, -0.2) is 20.4 Å². The van der Waals surface area contributed by atoms with Crippen molar-refractivity contribution in [2.75, 3.05) is 10.6 Å². The number of aromatic nitrogens is 4. The third-order valence-corrected chi connectivity index (χ3v) is 8.17. The van der Waals surface area contributed by atoms with Crippen molar-refractivity contribution in [1.29, 1.82) is 0 Å². The zero-order valence-corrected chi connectivity index (χ0v) is 25.2. The van der Waals surface area contributed by atoms with Gasteiger partial charge in [0.05, 0.1) is 13.1 Å². The molecule has 35 heavy (non-hydrogen) atoms. The van der Waals surface area contributed by atoms with Gasteiger partial charge in [0, 0.05) is 11.4 Å². The number of hydrogen-bond acceptors (Lipinski definition) is 8. The van der Waals surface area contributed by atoms with Crippen LogP contribution in [0.3, 0.4) is 0 Å². The van der Waals surface area contributed by atoms with Crippen molar-refractivity contribution >= 4 is 65.9 Å². The van der Waals surface area contributed by atoms with Crippen LogP contribution in [0.25, 0.3) is 0 Å². The number of halogens is 2. The molecule has 0 atom stereocenters. The maximum absolute atomic E-state index is 4.10. The second-order valence-electron chi connectivity index (χ2n) is 7.73. The van der Waals surface area contributed by atoms with E-state index in [9.17, 15) is 0 Å². The van der Waals surface area contributed by atoms with E-state index in [1.165, 1.54) is 33.6 Å². The van der Waals surface area contributed by atoms with Crippen LogP contribution in [0.15, 0.2) is 44.2 Å². The number of para-hydroxylation sites is 2. The van der Waals surface area contributed by atoms with Gasteiger partial charge < -0.3 is 10.6 Å². The molecule has 0 aliphatic heterocycles. The highest BCUT2D eigenvalue weighted by molar-refractivity contribution is 9.11. The third-order valence-electron chi connectivity index (χ3n) is 5.46. The Morgan fingerprint density at radius 3 is 1.51 bits per heavy atom. The molecule has 0 spiro atoms. The van der Waals surface area contributed by atoms with Gasteiger partial charge in [-0.3, -0.25) is 0 Å². The van der Waals surface area contributed by atoms with Gasteiger partial charge in [0.15, 0.2) is 7.83 Å². The summed E-state index contributed by atoms with van der Waals surface area (Å²) in [6.07, 6.45) is 3.11. The molecule has 4 aromatic rings. The molecule has 0 radical (unpaired) electrons. The Kier molecular flexibility index (Phi) is 11.1. The van der Waals surface area contributed by atoms with Crippen molar-refractivity contribution < 1.29 is 0 Å². The summed E-state index contributed by atoms with van der Waals surface area (Å²) in [4.78, 5) is 0. The number of hydrogen-bond donors (Lipinski definition) is 2. The zero-order chi connectivity index (χ0) is 25.2. The van der Waals surface area contributed by atoms with Gasteiger partial charge in [-0.05, 0) is 80.3 Å². The first-order valence-corrected chi connectivity index (χ1v) is 14.8. The van der Waals surface area contributed by atoms with Crippen LogP contribution in [0.4, 0.5) is 11.4 Å². The summed E-state index contributed by atoms with van der Waals surface area (Å²) in [5, 5.41) is 25.0. The molecule has 0 unspecified atom stereocenters. The standard InChI is InChI=1S/C13H16BrN3S.C12H14BrN3S/c1-3-9-6-5-7-10(4-2)12(9)15-8-11-16-17-13(14)18-11;1-3-9-6-4-5-8(2)11(9)14-7-10-15-16-12(13)17-10/h5-7,15H,3-4,8H2,1-2H3;4-6,14H,3,7H2,1-2H3. The normalized spacial score (nSPS) is 10.6. The minimum absolute atomic E-state index is 0.723. The smallest absolute Gasteiger partial charge is 0.183 e. The van der Waals surface area contributed by atoms with E-state index < -0.39 is 0 Å². The Bertz CT molecular complexity index is 1200. The zero-order valence-electron chi connectivity index (χ0n) is 20.4. The van der Waals surface area contributed by atoms with Crippen molar-refractivity contribution in [3.05, 3.63) is 76.5 Å². The van der Waals surface area contributed by atoms with Gasteiger partial charge in [-0.15, -0.1) is 20.4 Å². The first kappa shape index (κ1) is 27.7. The van der Waals surface area contributed by atoms with Gasteiger partial charge in [0.25, 0.3) is 0 Å². The summed E-state index contributed by atoms with van der Waals surface area (Å²) in [5.41, 5.74) is 7.81. The van der Waals surface area contributed by atoms with E-state index in [2.05, 4.69) is 127 Å². The quantitative estimate of drug-likeness (QED) is 0.195. The van der Waals surface area contributed by atoms with E-state index in [0.717, 1.165) is 50.2 Å². The van der Waals surface area contributed by atoms with Crippen LogP contribution >= 0.6 is 54.5 Å². The highest BCUT2D eigenvalue weighted by atomic mass is 79.9. The molecule has 0 saturated heterocycles. The van der Waals surface area contributed by atoms with E-state index in [4.69, 9.17) is 0 Å². The van der Waals surface area contributed by atoms with Gasteiger partial charge in [-0.2, -0.15) is 0 Å². The SMILES string of the molecule is CCc1cccc(C)c1NCc1nnc(Br)s1.CCc1cccc(CC)c1NCc1nnc(Br)s1. The fourth-order valence-corrected chi connectivity index (χ4v) is 5.97. The van der Waals surface area contributed by atoms with Crippen LogP contribution in [0.1, 0.15) is 53.0 Å². The molecule has 2 aromatic heterocycles. The van der Waals surface area contributed by atoms with Crippen molar-refractivity contribution in [3.63, 3.8) is 0 Å². The summed E-state index contributed by atoms with van der Waals surface area (Å²) in [5.74, 6) is 0. The van der Waals surface area contributed by atoms with Gasteiger partial charge in [-0.1, -0.05) is 79.8 Å². The van der Waals surface area contributed by atoms with Crippen LogP contribution < -0.4 is 10.6 Å². The monoisotopic (exact) mass is 636 g/mol. The van der Waals surface area contributed by atoms with Crippen LogP contribution in [0.5, 0.6) is 0 Å². The summed E-state index contributed by atoms with van der Waals surface area (Å²) < 4.78 is 1.66. The van der Waals surface area contributed by atoms with Gasteiger partial charge in [-0.25, -0.2) is 0 Å². The van der Waals surface area contributed by atoms with E-state index in [1.54, 1.807) is 22.7 Å². The molecule has 6 nitrogen and oxygen atoms in total. The average Bonchev–Trinajstić information content (AvgIpc) is 3.49. The molecule has 0 bridgehead atoms. The Balaban J connectivity index is 0.000000196. The molecule has 10 heteroatoms. The lowest BCUT2D eigenvalue weighted by atomic mass is 10.0. The predicted molar refractivity (Wildman–Crippen MR) is 156 cm³/mol. The molecule has 0 amide bonds. The van der Waals surface area contributed by atoms with Crippen LogP contribution in [0, 0.1) is 6.92 Å². The molecular weight excluding hydrogens is 608 g/mol. The summed E-state index contributed by atoms with van der Waals surface area (Å²) in [7, 11) is 0. The summed E-state index contributed by atoms with van der Waals surface area (Å²) in [6, 6.07) is 12.9. The van der Waals surface area contributed by atoms with E-state index >= 15 is 0 Å². The predicted octanol–water partition coefficient (Wildman–Crippen LogP) is 7.82. The second kappa shape index (κ2) is 14.0. The number of aryl methyl sites for hydroxylation is 4. The molecule has 0 saturated carbocycles. The third kappa shape index (κ3) is 8.06. The van der Waals surface area contributed by atoms with Crippen molar-refractivity contribution in [1.82, 2.24) is 20.4 Å². The summed E-state index contributed by atoms with van der Waals surface area (Å²) >= 11 is 9.77. The van der Waals surface area contributed by atoms with Crippen LogP contribution in [0.2, 0.25) is 0 Å². The number of nitrogens with zero attached hydrogens (tertiary/aromatic N) is 4. The Morgan fingerprint density at radius 2 is 1.09 bits per heavy atom. The highest BCUT2D eigenvalue weighted by Gasteiger charge is 2.08. The fraction of sp³-hybridized carbons (Fsp3) is 0.360. The Hall–Kier alpha value is -1.88. The molecule has 2 heterocycles. The molecule has 186 valence electrons.